The van der Waals surface area contributed by atoms with Crippen molar-refractivity contribution in [2.75, 3.05) is 0 Å². The molecular weight excluding hydrogens is 243 g/mol. The van der Waals surface area contributed by atoms with Crippen molar-refractivity contribution in [2.24, 2.45) is 0 Å². The van der Waals surface area contributed by atoms with Gasteiger partial charge in [0.05, 0.1) is 18.0 Å². The first-order valence-corrected chi connectivity index (χ1v) is 5.50. The Morgan fingerprint density at radius 2 is 2.12 bits per heavy atom. The van der Waals surface area contributed by atoms with E-state index in [1.807, 2.05) is 25.1 Å². The van der Waals surface area contributed by atoms with Crippen LogP contribution in [-0.4, -0.2) is 4.98 Å². The Bertz CT molecular complexity index is 600. The van der Waals surface area contributed by atoms with Crippen molar-refractivity contribution in [2.45, 2.75) is 13.3 Å². The molecule has 0 aliphatic heterocycles. The molecule has 0 spiro atoms. The van der Waals surface area contributed by atoms with Crippen molar-refractivity contribution in [1.82, 2.24) is 4.98 Å². The molecule has 0 aliphatic rings. The van der Waals surface area contributed by atoms with Gasteiger partial charge in [0.2, 0.25) is 0 Å². The lowest BCUT2D eigenvalue weighted by Gasteiger charge is -2.06. The van der Waals surface area contributed by atoms with Crippen LogP contribution in [0.25, 0.3) is 10.9 Å². The van der Waals surface area contributed by atoms with E-state index in [4.69, 9.17) is 28.5 Å². The predicted octanol–water partition coefficient (Wildman–Crippen LogP) is 3.92. The van der Waals surface area contributed by atoms with Crippen LogP contribution in [0.2, 0.25) is 10.2 Å². The molecule has 0 atom stereocenters. The quantitative estimate of drug-likeness (QED) is 0.720. The van der Waals surface area contributed by atoms with Crippen LogP contribution in [0.5, 0.6) is 0 Å². The van der Waals surface area contributed by atoms with Crippen molar-refractivity contribution >= 4 is 34.1 Å². The van der Waals surface area contributed by atoms with Crippen LogP contribution in [0.15, 0.2) is 18.2 Å². The van der Waals surface area contributed by atoms with Gasteiger partial charge in [0.25, 0.3) is 0 Å². The summed E-state index contributed by atoms with van der Waals surface area (Å²) in [4.78, 5) is 4.28. The van der Waals surface area contributed by atoms with Crippen molar-refractivity contribution in [1.29, 1.82) is 5.26 Å². The van der Waals surface area contributed by atoms with E-state index in [-0.39, 0.29) is 6.42 Å². The summed E-state index contributed by atoms with van der Waals surface area (Å²) in [7, 11) is 0. The lowest BCUT2D eigenvalue weighted by Crippen LogP contribution is -1.91. The molecule has 1 heterocycles. The summed E-state index contributed by atoms with van der Waals surface area (Å²) in [6, 6.07) is 7.62. The molecule has 0 unspecified atom stereocenters. The minimum Gasteiger partial charge on any atom is -0.235 e. The highest BCUT2D eigenvalue weighted by atomic mass is 35.5. The van der Waals surface area contributed by atoms with Crippen molar-refractivity contribution < 1.29 is 0 Å². The summed E-state index contributed by atoms with van der Waals surface area (Å²) in [5.74, 6) is 0. The standard InChI is InChI=1S/C12H8Cl2N2/c1-7-2-3-10(13)9-6-8(4-5-15)12(14)16-11(7)9/h2-3,6H,4H2,1H3. The first kappa shape index (κ1) is 11.2. The fourth-order valence-corrected chi connectivity index (χ4v) is 2.00. The summed E-state index contributed by atoms with van der Waals surface area (Å²) in [5.41, 5.74) is 2.52. The highest BCUT2D eigenvalue weighted by Crippen LogP contribution is 2.28. The van der Waals surface area contributed by atoms with Crippen LogP contribution in [0.3, 0.4) is 0 Å². The second kappa shape index (κ2) is 4.29. The van der Waals surface area contributed by atoms with Gasteiger partial charge in [0.15, 0.2) is 0 Å². The summed E-state index contributed by atoms with van der Waals surface area (Å²) in [5, 5.41) is 10.5. The Balaban J connectivity index is 2.79. The number of nitrogens with zero attached hydrogens (tertiary/aromatic N) is 2. The molecule has 2 aromatic rings. The Labute approximate surface area is 103 Å². The van der Waals surface area contributed by atoms with Crippen LogP contribution < -0.4 is 0 Å². The second-order valence-corrected chi connectivity index (χ2v) is 4.30. The first-order chi connectivity index (χ1) is 7.63. The van der Waals surface area contributed by atoms with Crippen molar-refractivity contribution in [3.63, 3.8) is 0 Å². The number of aryl methyl sites for hydroxylation is 1. The zero-order valence-electron chi connectivity index (χ0n) is 8.59. The van der Waals surface area contributed by atoms with Gasteiger partial charge in [-0.3, -0.25) is 0 Å². The average Bonchev–Trinajstić information content (AvgIpc) is 2.26. The topological polar surface area (TPSA) is 36.7 Å². The number of rotatable bonds is 1. The third kappa shape index (κ3) is 1.84. The molecular formula is C12H8Cl2N2. The highest BCUT2D eigenvalue weighted by Gasteiger charge is 2.08. The van der Waals surface area contributed by atoms with Gasteiger partial charge >= 0.3 is 0 Å². The van der Waals surface area contributed by atoms with E-state index in [0.717, 1.165) is 16.5 Å². The van der Waals surface area contributed by atoms with Crippen LogP contribution in [0.1, 0.15) is 11.1 Å². The number of fused-ring (bicyclic) bond motifs is 1. The number of halogens is 2. The maximum absolute atomic E-state index is 8.67. The minimum atomic E-state index is 0.242. The predicted molar refractivity (Wildman–Crippen MR) is 65.8 cm³/mol. The molecule has 0 amide bonds. The van der Waals surface area contributed by atoms with Gasteiger partial charge in [-0.05, 0) is 24.6 Å². The smallest absolute Gasteiger partial charge is 0.134 e. The van der Waals surface area contributed by atoms with Crippen molar-refractivity contribution in [3.05, 3.63) is 39.5 Å². The van der Waals surface area contributed by atoms with E-state index in [1.54, 1.807) is 0 Å². The third-order valence-corrected chi connectivity index (χ3v) is 3.09. The monoisotopic (exact) mass is 250 g/mol. The number of nitriles is 1. The molecule has 0 saturated carbocycles. The van der Waals surface area contributed by atoms with Gasteiger partial charge in [0.1, 0.15) is 5.15 Å². The summed E-state index contributed by atoms with van der Waals surface area (Å²) in [6.45, 7) is 1.95. The Morgan fingerprint density at radius 3 is 2.81 bits per heavy atom. The average molecular weight is 251 g/mol. The zero-order valence-corrected chi connectivity index (χ0v) is 10.1. The normalized spacial score (nSPS) is 10.4. The summed E-state index contributed by atoms with van der Waals surface area (Å²) in [6.07, 6.45) is 0.242. The molecule has 0 radical (unpaired) electrons. The number of hydrogen-bond donors (Lipinski definition) is 0. The number of hydrogen-bond acceptors (Lipinski definition) is 2. The molecule has 1 aromatic carbocycles. The molecule has 2 nitrogen and oxygen atoms in total. The molecule has 80 valence electrons. The molecule has 0 saturated heterocycles. The van der Waals surface area contributed by atoms with Crippen molar-refractivity contribution in [3.8, 4) is 6.07 Å². The molecule has 0 bridgehead atoms. The van der Waals surface area contributed by atoms with Gasteiger partial charge in [-0.15, -0.1) is 0 Å². The lowest BCUT2D eigenvalue weighted by molar-refractivity contribution is 1.22. The molecule has 16 heavy (non-hydrogen) atoms. The van der Waals surface area contributed by atoms with Crippen LogP contribution in [0.4, 0.5) is 0 Å². The zero-order chi connectivity index (χ0) is 11.7. The maximum Gasteiger partial charge on any atom is 0.134 e. The fraction of sp³-hybridized carbons (Fsp3) is 0.167. The second-order valence-electron chi connectivity index (χ2n) is 3.53. The molecule has 4 heteroatoms. The van der Waals surface area contributed by atoms with E-state index < -0.39 is 0 Å². The third-order valence-electron chi connectivity index (χ3n) is 2.43. The van der Waals surface area contributed by atoms with Gasteiger partial charge in [-0.25, -0.2) is 4.98 Å². The maximum atomic E-state index is 8.67. The number of pyridine rings is 1. The van der Waals surface area contributed by atoms with Gasteiger partial charge in [0, 0.05) is 16.0 Å². The largest absolute Gasteiger partial charge is 0.235 e. The fourth-order valence-electron chi connectivity index (χ4n) is 1.59. The van der Waals surface area contributed by atoms with E-state index in [0.29, 0.717) is 15.7 Å². The Hall–Kier alpha value is -1.30. The molecule has 0 aliphatic carbocycles. The van der Waals surface area contributed by atoms with Crippen LogP contribution in [-0.2, 0) is 6.42 Å². The molecule has 1 aromatic heterocycles. The van der Waals surface area contributed by atoms with E-state index in [9.17, 15) is 0 Å². The number of aromatic nitrogens is 1. The molecule has 0 fully saturated rings. The Kier molecular flexibility index (Phi) is 3.00. The number of benzene rings is 1. The van der Waals surface area contributed by atoms with Crippen LogP contribution in [0, 0.1) is 18.3 Å². The highest BCUT2D eigenvalue weighted by molar-refractivity contribution is 6.36. The summed E-state index contributed by atoms with van der Waals surface area (Å²) < 4.78 is 0. The van der Waals surface area contributed by atoms with E-state index in [2.05, 4.69) is 11.1 Å². The van der Waals surface area contributed by atoms with Gasteiger partial charge in [-0.1, -0.05) is 29.3 Å². The minimum absolute atomic E-state index is 0.242. The van der Waals surface area contributed by atoms with E-state index in [1.165, 1.54) is 0 Å². The van der Waals surface area contributed by atoms with Crippen LogP contribution >= 0.6 is 23.2 Å². The van der Waals surface area contributed by atoms with Gasteiger partial charge < -0.3 is 0 Å². The molecule has 2 rings (SSSR count). The summed E-state index contributed by atoms with van der Waals surface area (Å²) >= 11 is 12.1. The van der Waals surface area contributed by atoms with Gasteiger partial charge in [-0.2, -0.15) is 5.26 Å². The lowest BCUT2D eigenvalue weighted by atomic mass is 10.1. The first-order valence-electron chi connectivity index (χ1n) is 4.74. The molecule has 0 N–H and O–H groups in total. The SMILES string of the molecule is Cc1ccc(Cl)c2cc(CC#N)c(Cl)nc12. The Morgan fingerprint density at radius 1 is 1.38 bits per heavy atom. The van der Waals surface area contributed by atoms with E-state index >= 15 is 0 Å².